The summed E-state index contributed by atoms with van der Waals surface area (Å²) < 4.78 is 26.1. The number of nitrogens with two attached hydrogens (primary N) is 1. The van der Waals surface area contributed by atoms with Gasteiger partial charge in [0.25, 0.3) is 0 Å². The predicted octanol–water partition coefficient (Wildman–Crippen LogP) is 0.948. The summed E-state index contributed by atoms with van der Waals surface area (Å²) in [5, 5.41) is 0. The van der Waals surface area contributed by atoms with Crippen LogP contribution in [0.15, 0.2) is 29.2 Å². The third kappa shape index (κ3) is 3.26. The summed E-state index contributed by atoms with van der Waals surface area (Å²) in [5.74, 6) is 0. The van der Waals surface area contributed by atoms with Crippen molar-refractivity contribution in [3.05, 3.63) is 29.8 Å². The van der Waals surface area contributed by atoms with Crippen molar-refractivity contribution in [2.45, 2.75) is 24.8 Å². The SMILES string of the molecule is Cc1ccc(S(=O)(=O)NC(C)C(N)=S)cc1. The summed E-state index contributed by atoms with van der Waals surface area (Å²) in [4.78, 5) is 0.330. The van der Waals surface area contributed by atoms with E-state index < -0.39 is 16.1 Å². The Kier molecular flexibility index (Phi) is 4.01. The summed E-state index contributed by atoms with van der Waals surface area (Å²) >= 11 is 4.71. The van der Waals surface area contributed by atoms with E-state index in [0.717, 1.165) is 5.56 Å². The summed E-state index contributed by atoms with van der Waals surface area (Å²) in [6.07, 6.45) is 0. The van der Waals surface area contributed by atoms with Crippen molar-refractivity contribution in [2.75, 3.05) is 0 Å². The van der Waals surface area contributed by atoms with E-state index in [1.165, 1.54) is 0 Å². The Morgan fingerprint density at radius 3 is 2.31 bits per heavy atom. The van der Waals surface area contributed by atoms with Crippen LogP contribution in [0, 0.1) is 6.92 Å². The fourth-order valence-electron chi connectivity index (χ4n) is 1.08. The molecule has 1 rings (SSSR count). The summed E-state index contributed by atoms with van der Waals surface area (Å²) in [7, 11) is -3.54. The largest absolute Gasteiger partial charge is 0.392 e. The van der Waals surface area contributed by atoms with Gasteiger partial charge in [0.05, 0.1) is 15.9 Å². The number of rotatable bonds is 4. The maximum Gasteiger partial charge on any atom is 0.241 e. The minimum atomic E-state index is -3.54. The molecule has 0 bridgehead atoms. The topological polar surface area (TPSA) is 72.2 Å². The molecule has 3 N–H and O–H groups in total. The molecule has 1 unspecified atom stereocenters. The third-order valence-electron chi connectivity index (χ3n) is 2.09. The van der Waals surface area contributed by atoms with Gasteiger partial charge in [0.2, 0.25) is 10.0 Å². The first-order valence-electron chi connectivity index (χ1n) is 4.71. The van der Waals surface area contributed by atoms with Gasteiger partial charge in [-0.2, -0.15) is 0 Å². The van der Waals surface area contributed by atoms with Crippen LogP contribution in [-0.4, -0.2) is 19.4 Å². The Balaban J connectivity index is 2.94. The van der Waals surface area contributed by atoms with Gasteiger partial charge >= 0.3 is 0 Å². The molecule has 0 aromatic heterocycles. The van der Waals surface area contributed by atoms with Gasteiger partial charge in [-0.3, -0.25) is 0 Å². The quantitative estimate of drug-likeness (QED) is 0.789. The van der Waals surface area contributed by atoms with Crippen molar-refractivity contribution in [3.63, 3.8) is 0 Å². The first kappa shape index (κ1) is 13.1. The average Bonchev–Trinajstić information content (AvgIpc) is 2.17. The molecule has 4 nitrogen and oxygen atoms in total. The highest BCUT2D eigenvalue weighted by atomic mass is 32.2. The Hall–Kier alpha value is -0.980. The lowest BCUT2D eigenvalue weighted by Gasteiger charge is -2.12. The lowest BCUT2D eigenvalue weighted by molar-refractivity contribution is 0.579. The fourth-order valence-corrected chi connectivity index (χ4v) is 2.43. The Bertz CT molecular complexity index is 480. The van der Waals surface area contributed by atoms with Gasteiger partial charge < -0.3 is 5.73 Å². The third-order valence-corrected chi connectivity index (χ3v) is 4.00. The van der Waals surface area contributed by atoms with Crippen LogP contribution >= 0.6 is 12.2 Å². The van der Waals surface area contributed by atoms with Crippen LogP contribution < -0.4 is 10.5 Å². The van der Waals surface area contributed by atoms with Crippen molar-refractivity contribution in [1.82, 2.24) is 4.72 Å². The smallest absolute Gasteiger partial charge is 0.241 e. The molecule has 0 amide bonds. The number of sulfonamides is 1. The highest BCUT2D eigenvalue weighted by molar-refractivity contribution is 7.89. The maximum absolute atomic E-state index is 11.8. The summed E-state index contributed by atoms with van der Waals surface area (Å²) in [5.41, 5.74) is 6.35. The zero-order valence-electron chi connectivity index (χ0n) is 9.10. The van der Waals surface area contributed by atoms with Crippen LogP contribution in [0.5, 0.6) is 0 Å². The van der Waals surface area contributed by atoms with E-state index in [1.807, 2.05) is 6.92 Å². The van der Waals surface area contributed by atoms with E-state index >= 15 is 0 Å². The predicted molar refractivity (Wildman–Crippen MR) is 67.7 cm³/mol. The van der Waals surface area contributed by atoms with Gasteiger partial charge in [-0.1, -0.05) is 29.9 Å². The monoisotopic (exact) mass is 258 g/mol. The Morgan fingerprint density at radius 1 is 1.38 bits per heavy atom. The molecule has 88 valence electrons. The van der Waals surface area contributed by atoms with Gasteiger partial charge in [0.15, 0.2) is 0 Å². The molecule has 1 aromatic carbocycles. The maximum atomic E-state index is 11.8. The molecule has 0 aliphatic heterocycles. The molecule has 0 aliphatic carbocycles. The van der Waals surface area contributed by atoms with E-state index in [1.54, 1.807) is 31.2 Å². The van der Waals surface area contributed by atoms with Gasteiger partial charge in [0.1, 0.15) is 0 Å². The van der Waals surface area contributed by atoms with Crippen molar-refractivity contribution in [2.24, 2.45) is 5.73 Å². The first-order chi connectivity index (χ1) is 7.33. The molecule has 16 heavy (non-hydrogen) atoms. The molecule has 0 radical (unpaired) electrons. The van der Waals surface area contributed by atoms with Crippen LogP contribution in [0.3, 0.4) is 0 Å². The number of hydrogen-bond acceptors (Lipinski definition) is 3. The second-order valence-electron chi connectivity index (χ2n) is 3.56. The van der Waals surface area contributed by atoms with Crippen LogP contribution in [0.25, 0.3) is 0 Å². The number of hydrogen-bond donors (Lipinski definition) is 2. The van der Waals surface area contributed by atoms with Gasteiger partial charge in [-0.15, -0.1) is 0 Å². The molecule has 0 fully saturated rings. The van der Waals surface area contributed by atoms with Crippen molar-refractivity contribution in [3.8, 4) is 0 Å². The molecule has 0 saturated heterocycles. The van der Waals surface area contributed by atoms with Crippen LogP contribution in [0.4, 0.5) is 0 Å². The first-order valence-corrected chi connectivity index (χ1v) is 6.60. The molecule has 0 aliphatic rings. The summed E-state index contributed by atoms with van der Waals surface area (Å²) in [6, 6.07) is 6.01. The van der Waals surface area contributed by atoms with E-state index in [0.29, 0.717) is 0 Å². The van der Waals surface area contributed by atoms with Crippen molar-refractivity contribution in [1.29, 1.82) is 0 Å². The van der Waals surface area contributed by atoms with E-state index in [2.05, 4.69) is 4.72 Å². The number of thiocarbonyl (C=S) groups is 1. The van der Waals surface area contributed by atoms with Gasteiger partial charge in [-0.05, 0) is 26.0 Å². The summed E-state index contributed by atoms with van der Waals surface area (Å²) in [6.45, 7) is 3.50. The molecule has 0 spiro atoms. The van der Waals surface area contributed by atoms with Crippen LogP contribution in [-0.2, 0) is 10.0 Å². The number of benzene rings is 1. The molecule has 0 saturated carbocycles. The minimum absolute atomic E-state index is 0.121. The van der Waals surface area contributed by atoms with Crippen LogP contribution in [0.1, 0.15) is 12.5 Å². The molecule has 1 aromatic rings. The molecule has 0 heterocycles. The van der Waals surface area contributed by atoms with Gasteiger partial charge in [-0.25, -0.2) is 13.1 Å². The molecule has 1 atom stereocenters. The second kappa shape index (κ2) is 4.90. The fraction of sp³-hybridized carbons (Fsp3) is 0.300. The van der Waals surface area contributed by atoms with Crippen LogP contribution in [0.2, 0.25) is 0 Å². The highest BCUT2D eigenvalue weighted by Crippen LogP contribution is 2.10. The number of nitrogens with one attached hydrogen (secondary N) is 1. The minimum Gasteiger partial charge on any atom is -0.392 e. The normalized spacial score (nSPS) is 13.4. The van der Waals surface area contributed by atoms with Crippen molar-refractivity contribution < 1.29 is 8.42 Å². The lowest BCUT2D eigenvalue weighted by Crippen LogP contribution is -2.41. The highest BCUT2D eigenvalue weighted by Gasteiger charge is 2.18. The molecule has 6 heteroatoms. The van der Waals surface area contributed by atoms with E-state index in [9.17, 15) is 8.42 Å². The van der Waals surface area contributed by atoms with Gasteiger partial charge in [0, 0.05) is 0 Å². The second-order valence-corrected chi connectivity index (χ2v) is 5.74. The van der Waals surface area contributed by atoms with Crippen molar-refractivity contribution >= 4 is 27.2 Å². The molecular weight excluding hydrogens is 244 g/mol. The average molecular weight is 258 g/mol. The lowest BCUT2D eigenvalue weighted by atomic mass is 10.2. The van der Waals surface area contributed by atoms with E-state index in [4.69, 9.17) is 18.0 Å². The zero-order valence-corrected chi connectivity index (χ0v) is 10.7. The Morgan fingerprint density at radius 2 is 1.88 bits per heavy atom. The van der Waals surface area contributed by atoms with E-state index in [-0.39, 0.29) is 9.88 Å². The standard InChI is InChI=1S/C10H14N2O2S2/c1-7-3-5-9(6-4-7)16(13,14)12-8(2)10(11)15/h3-6,8,12H,1-2H3,(H2,11,15). The zero-order chi connectivity index (χ0) is 12.3. The number of aryl methyl sites for hydroxylation is 1. The Labute approximate surface area is 101 Å². The molecular formula is C10H14N2O2S2.